The Kier molecular flexibility index (Phi) is 6.10. The Morgan fingerprint density at radius 2 is 1.68 bits per heavy atom. The summed E-state index contributed by atoms with van der Waals surface area (Å²) in [7, 11) is 3.00. The normalized spacial score (nSPS) is 10.0. The van der Waals surface area contributed by atoms with Crippen LogP contribution in [0.15, 0.2) is 35.1 Å². The van der Waals surface area contributed by atoms with Crippen LogP contribution in [0.4, 0.5) is 0 Å². The Bertz CT molecular complexity index is 798. The fourth-order valence-electron chi connectivity index (χ4n) is 1.99. The molecule has 0 saturated heterocycles. The average Bonchev–Trinajstić information content (AvgIpc) is 2.64. The van der Waals surface area contributed by atoms with Crippen LogP contribution in [-0.4, -0.2) is 49.3 Å². The molecule has 132 valence electrons. The lowest BCUT2D eigenvalue weighted by molar-refractivity contribution is 0.0924. The number of carbonyl (C=O) groups excluding carboxylic acids is 2. The number of rotatable bonds is 7. The molecule has 0 aliphatic heterocycles. The largest absolute Gasteiger partial charge is 0.493 e. The Balaban J connectivity index is 1.83. The summed E-state index contributed by atoms with van der Waals surface area (Å²) in [5, 5.41) is 11.0. The molecule has 1 aromatic heterocycles. The van der Waals surface area contributed by atoms with Crippen molar-refractivity contribution >= 4 is 11.8 Å². The van der Waals surface area contributed by atoms with E-state index >= 15 is 0 Å². The van der Waals surface area contributed by atoms with Gasteiger partial charge in [0.25, 0.3) is 17.4 Å². The predicted octanol–water partition coefficient (Wildman–Crippen LogP) is -0.0531. The van der Waals surface area contributed by atoms with Gasteiger partial charge in [-0.2, -0.15) is 5.10 Å². The van der Waals surface area contributed by atoms with Crippen LogP contribution in [-0.2, 0) is 0 Å². The number of nitrogens with one attached hydrogen (secondary N) is 3. The third-order valence-corrected chi connectivity index (χ3v) is 3.25. The van der Waals surface area contributed by atoms with Crippen molar-refractivity contribution in [3.05, 3.63) is 51.9 Å². The monoisotopic (exact) mass is 346 g/mol. The number of hydrogen-bond acceptors (Lipinski definition) is 6. The number of H-pyrrole nitrogens is 1. The van der Waals surface area contributed by atoms with Crippen molar-refractivity contribution < 1.29 is 19.1 Å². The van der Waals surface area contributed by atoms with Gasteiger partial charge in [0.05, 0.1) is 14.2 Å². The lowest BCUT2D eigenvalue weighted by Gasteiger charge is -2.10. The van der Waals surface area contributed by atoms with E-state index in [1.807, 2.05) is 0 Å². The highest BCUT2D eigenvalue weighted by atomic mass is 16.5. The smallest absolute Gasteiger partial charge is 0.271 e. The molecule has 2 rings (SSSR count). The van der Waals surface area contributed by atoms with Crippen molar-refractivity contribution in [1.29, 1.82) is 0 Å². The Morgan fingerprint density at radius 1 is 1.00 bits per heavy atom. The fraction of sp³-hybridized carbons (Fsp3) is 0.250. The number of benzene rings is 1. The van der Waals surface area contributed by atoms with Crippen molar-refractivity contribution in [2.24, 2.45) is 0 Å². The Hall–Kier alpha value is -3.36. The number of ether oxygens (including phenoxy) is 2. The molecule has 0 aliphatic rings. The van der Waals surface area contributed by atoms with Gasteiger partial charge < -0.3 is 20.1 Å². The summed E-state index contributed by atoms with van der Waals surface area (Å²) in [5.74, 6) is 0.223. The molecule has 0 saturated carbocycles. The van der Waals surface area contributed by atoms with Crippen molar-refractivity contribution in [3.63, 3.8) is 0 Å². The van der Waals surface area contributed by atoms with Gasteiger partial charge in [-0.3, -0.25) is 14.4 Å². The average molecular weight is 346 g/mol. The standard InChI is InChI=1S/C16H18N4O5/c1-24-12-5-3-10(9-13(12)25-2)15(22)17-7-8-18-16(23)11-4-6-14(21)20-19-11/h3-6,9H,7-8H2,1-2H3,(H,17,22)(H,18,23)(H,20,21). The summed E-state index contributed by atoms with van der Waals surface area (Å²) in [6.45, 7) is 0.431. The number of amides is 2. The highest BCUT2D eigenvalue weighted by Crippen LogP contribution is 2.27. The Morgan fingerprint density at radius 3 is 2.28 bits per heavy atom. The molecule has 9 heteroatoms. The van der Waals surface area contributed by atoms with Gasteiger partial charge in [0.1, 0.15) is 5.69 Å². The summed E-state index contributed by atoms with van der Waals surface area (Å²) >= 11 is 0. The molecule has 3 N–H and O–H groups in total. The highest BCUT2D eigenvalue weighted by molar-refractivity contribution is 5.95. The molecule has 0 bridgehead atoms. The second-order valence-corrected chi connectivity index (χ2v) is 4.89. The molecular formula is C16H18N4O5. The van der Waals surface area contributed by atoms with Gasteiger partial charge in [-0.15, -0.1) is 0 Å². The van der Waals surface area contributed by atoms with Crippen LogP contribution in [0.2, 0.25) is 0 Å². The van der Waals surface area contributed by atoms with E-state index in [1.165, 1.54) is 26.4 Å². The minimum Gasteiger partial charge on any atom is -0.493 e. The van der Waals surface area contributed by atoms with Gasteiger partial charge in [0, 0.05) is 24.7 Å². The molecule has 1 aromatic carbocycles. The van der Waals surface area contributed by atoms with Crippen LogP contribution in [0.1, 0.15) is 20.8 Å². The summed E-state index contributed by atoms with van der Waals surface area (Å²) in [6, 6.07) is 7.34. The quantitative estimate of drug-likeness (QED) is 0.604. The minimum atomic E-state index is -0.448. The van der Waals surface area contributed by atoms with Crippen LogP contribution < -0.4 is 25.7 Å². The first-order valence-corrected chi connectivity index (χ1v) is 7.39. The van der Waals surface area contributed by atoms with Gasteiger partial charge in [-0.05, 0) is 24.3 Å². The summed E-state index contributed by atoms with van der Waals surface area (Å²) < 4.78 is 10.3. The van der Waals surface area contributed by atoms with Crippen molar-refractivity contribution in [3.8, 4) is 11.5 Å². The maximum absolute atomic E-state index is 12.1. The Labute approximate surface area is 143 Å². The fourth-order valence-corrected chi connectivity index (χ4v) is 1.99. The zero-order chi connectivity index (χ0) is 18.2. The molecule has 1 heterocycles. The van der Waals surface area contributed by atoms with Crippen molar-refractivity contribution in [1.82, 2.24) is 20.8 Å². The molecular weight excluding hydrogens is 328 g/mol. The van der Waals surface area contributed by atoms with E-state index in [9.17, 15) is 14.4 Å². The molecule has 0 fully saturated rings. The SMILES string of the molecule is COc1ccc(C(=O)NCCNC(=O)c2ccc(=O)[nH]n2)cc1OC. The van der Waals surface area contributed by atoms with Gasteiger partial charge in [-0.25, -0.2) is 5.10 Å². The topological polar surface area (TPSA) is 122 Å². The number of carbonyl (C=O) groups is 2. The third kappa shape index (κ3) is 4.80. The molecule has 9 nitrogen and oxygen atoms in total. The second-order valence-electron chi connectivity index (χ2n) is 4.89. The number of aromatic amines is 1. The maximum atomic E-state index is 12.1. The first kappa shape index (κ1) is 18.0. The van der Waals surface area contributed by atoms with E-state index in [2.05, 4.69) is 20.8 Å². The lowest BCUT2D eigenvalue weighted by atomic mass is 10.2. The summed E-state index contributed by atoms with van der Waals surface area (Å²) in [6.07, 6.45) is 0. The first-order valence-electron chi connectivity index (χ1n) is 7.39. The number of methoxy groups -OCH3 is 2. The molecule has 0 radical (unpaired) electrons. The van der Waals surface area contributed by atoms with Gasteiger partial charge in [0.2, 0.25) is 0 Å². The molecule has 25 heavy (non-hydrogen) atoms. The van der Waals surface area contributed by atoms with E-state index in [-0.39, 0.29) is 24.7 Å². The van der Waals surface area contributed by atoms with E-state index < -0.39 is 11.5 Å². The zero-order valence-corrected chi connectivity index (χ0v) is 13.8. The lowest BCUT2D eigenvalue weighted by Crippen LogP contribution is -2.35. The highest BCUT2D eigenvalue weighted by Gasteiger charge is 2.11. The van der Waals surface area contributed by atoms with Gasteiger partial charge in [-0.1, -0.05) is 0 Å². The van der Waals surface area contributed by atoms with Gasteiger partial charge in [0.15, 0.2) is 11.5 Å². The predicted molar refractivity (Wildman–Crippen MR) is 89.1 cm³/mol. The molecule has 0 unspecified atom stereocenters. The summed E-state index contributed by atoms with van der Waals surface area (Å²) in [4.78, 5) is 34.8. The van der Waals surface area contributed by atoms with E-state index in [1.54, 1.807) is 18.2 Å². The van der Waals surface area contributed by atoms with Crippen molar-refractivity contribution in [2.45, 2.75) is 0 Å². The van der Waals surface area contributed by atoms with Crippen LogP contribution in [0.25, 0.3) is 0 Å². The van der Waals surface area contributed by atoms with E-state index in [4.69, 9.17) is 9.47 Å². The zero-order valence-electron chi connectivity index (χ0n) is 13.8. The molecule has 2 amide bonds. The van der Waals surface area contributed by atoms with Crippen LogP contribution in [0.3, 0.4) is 0 Å². The van der Waals surface area contributed by atoms with Crippen LogP contribution in [0.5, 0.6) is 11.5 Å². The summed E-state index contributed by atoms with van der Waals surface area (Å²) in [5.41, 5.74) is 0.107. The second kappa shape index (κ2) is 8.48. The van der Waals surface area contributed by atoms with Crippen LogP contribution in [0, 0.1) is 0 Å². The number of hydrogen-bond donors (Lipinski definition) is 3. The minimum absolute atomic E-state index is 0.0887. The maximum Gasteiger partial charge on any atom is 0.271 e. The van der Waals surface area contributed by atoms with Crippen molar-refractivity contribution in [2.75, 3.05) is 27.3 Å². The first-order chi connectivity index (χ1) is 12.0. The molecule has 0 aliphatic carbocycles. The van der Waals surface area contributed by atoms with Crippen LogP contribution >= 0.6 is 0 Å². The molecule has 2 aromatic rings. The third-order valence-electron chi connectivity index (χ3n) is 3.25. The molecule has 0 atom stereocenters. The van der Waals surface area contributed by atoms with E-state index in [0.29, 0.717) is 17.1 Å². The number of nitrogens with zero attached hydrogens (tertiary/aromatic N) is 1. The van der Waals surface area contributed by atoms with Gasteiger partial charge >= 0.3 is 0 Å². The number of aromatic nitrogens is 2. The molecule has 0 spiro atoms. The van der Waals surface area contributed by atoms with E-state index in [0.717, 1.165) is 0 Å².